The van der Waals surface area contributed by atoms with Crippen LogP contribution in [0.5, 0.6) is 0 Å². The Morgan fingerprint density at radius 1 is 1.40 bits per heavy atom. The van der Waals surface area contributed by atoms with Crippen LogP contribution in [0.3, 0.4) is 0 Å². The fourth-order valence-corrected chi connectivity index (χ4v) is 1.16. The van der Waals surface area contributed by atoms with Gasteiger partial charge in [-0.3, -0.25) is 4.89 Å². The fourth-order valence-electron chi connectivity index (χ4n) is 0.906. The molecule has 1 aromatic rings. The number of alkyl halides is 3. The monoisotopic (exact) mass is 240 g/mol. The summed E-state index contributed by atoms with van der Waals surface area (Å²) in [5.74, 6) is -1.21. The van der Waals surface area contributed by atoms with E-state index in [0.717, 1.165) is 6.07 Å². The summed E-state index contributed by atoms with van der Waals surface area (Å²) in [5.41, 5.74) is -1.32. The smallest absolute Gasteiger partial charge is 0.295 e. The third-order valence-corrected chi connectivity index (χ3v) is 1.91. The Balaban J connectivity index is 3.15. The average Bonchev–Trinajstić information content (AvgIpc) is 2.15. The minimum absolute atomic E-state index is 0.341. The van der Waals surface area contributed by atoms with Crippen LogP contribution in [0.4, 0.5) is 13.2 Å². The number of carbonyl (C=O) groups is 1. The van der Waals surface area contributed by atoms with Gasteiger partial charge in [0.1, 0.15) is 0 Å². The van der Waals surface area contributed by atoms with Gasteiger partial charge in [0.25, 0.3) is 0 Å². The number of benzene rings is 1. The zero-order valence-corrected chi connectivity index (χ0v) is 7.76. The molecule has 0 atom stereocenters. The molecule has 0 aromatic heterocycles. The molecule has 7 heteroatoms. The van der Waals surface area contributed by atoms with Crippen molar-refractivity contribution in [2.45, 2.75) is 6.18 Å². The molecule has 1 N–H and O–H groups in total. The standard InChI is InChI=1S/C8H4ClF3O3/c9-6-3-4(8(10,11)12)1-2-5(6)7(13)15-14/h1-3,14H. The molecule has 0 amide bonds. The van der Waals surface area contributed by atoms with E-state index in [4.69, 9.17) is 16.9 Å². The Kier molecular flexibility index (Phi) is 3.21. The van der Waals surface area contributed by atoms with Gasteiger partial charge in [-0.1, -0.05) is 11.6 Å². The van der Waals surface area contributed by atoms with E-state index in [0.29, 0.717) is 12.1 Å². The molecule has 0 saturated carbocycles. The van der Waals surface area contributed by atoms with Gasteiger partial charge in [0.05, 0.1) is 16.1 Å². The van der Waals surface area contributed by atoms with Gasteiger partial charge < -0.3 is 0 Å². The largest absolute Gasteiger partial charge is 0.416 e. The summed E-state index contributed by atoms with van der Waals surface area (Å²) in [6.45, 7) is 0. The highest BCUT2D eigenvalue weighted by Crippen LogP contribution is 2.32. The lowest BCUT2D eigenvalue weighted by molar-refractivity contribution is -0.182. The van der Waals surface area contributed by atoms with Gasteiger partial charge >= 0.3 is 12.1 Å². The number of rotatable bonds is 1. The summed E-state index contributed by atoms with van der Waals surface area (Å²) in [5, 5.41) is 7.57. The van der Waals surface area contributed by atoms with Crippen LogP contribution in [0.15, 0.2) is 18.2 Å². The molecule has 0 heterocycles. The van der Waals surface area contributed by atoms with Crippen molar-refractivity contribution in [1.82, 2.24) is 0 Å². The number of hydrogen-bond donors (Lipinski definition) is 1. The molecule has 15 heavy (non-hydrogen) atoms. The van der Waals surface area contributed by atoms with Crippen molar-refractivity contribution in [3.63, 3.8) is 0 Å². The summed E-state index contributed by atoms with van der Waals surface area (Å²) in [6, 6.07) is 2.07. The molecule has 0 aliphatic heterocycles. The molecule has 0 radical (unpaired) electrons. The minimum Gasteiger partial charge on any atom is -0.295 e. The van der Waals surface area contributed by atoms with Crippen LogP contribution >= 0.6 is 11.6 Å². The molecule has 1 aromatic carbocycles. The highest BCUT2D eigenvalue weighted by atomic mass is 35.5. The SMILES string of the molecule is O=C(OO)c1ccc(C(F)(F)F)cc1Cl. The van der Waals surface area contributed by atoms with Gasteiger partial charge in [-0.15, -0.1) is 0 Å². The molecule has 0 unspecified atom stereocenters. The van der Waals surface area contributed by atoms with Crippen molar-refractivity contribution in [3.8, 4) is 0 Å². The number of hydrogen-bond acceptors (Lipinski definition) is 3. The van der Waals surface area contributed by atoms with Gasteiger partial charge in [0.2, 0.25) is 0 Å². The molecular weight excluding hydrogens is 237 g/mol. The maximum absolute atomic E-state index is 12.2. The molecule has 1 rings (SSSR count). The van der Waals surface area contributed by atoms with E-state index in [-0.39, 0.29) is 5.56 Å². The van der Waals surface area contributed by atoms with Gasteiger partial charge in [0, 0.05) is 0 Å². The van der Waals surface area contributed by atoms with Gasteiger partial charge in [-0.2, -0.15) is 18.4 Å². The van der Waals surface area contributed by atoms with Crippen molar-refractivity contribution in [3.05, 3.63) is 34.3 Å². The van der Waals surface area contributed by atoms with Crippen LogP contribution in [0.1, 0.15) is 15.9 Å². The lowest BCUT2D eigenvalue weighted by Gasteiger charge is -2.07. The molecule has 0 aliphatic carbocycles. The Morgan fingerprint density at radius 2 is 2.00 bits per heavy atom. The predicted molar refractivity (Wildman–Crippen MR) is 44.5 cm³/mol. The van der Waals surface area contributed by atoms with Crippen LogP contribution in [0.25, 0.3) is 0 Å². The molecule has 0 saturated heterocycles. The van der Waals surface area contributed by atoms with Gasteiger partial charge in [-0.25, -0.2) is 4.79 Å². The maximum Gasteiger partial charge on any atom is 0.416 e. The number of carbonyl (C=O) groups excluding carboxylic acids is 1. The third kappa shape index (κ3) is 2.60. The molecule has 3 nitrogen and oxygen atoms in total. The minimum atomic E-state index is -4.54. The Morgan fingerprint density at radius 3 is 2.40 bits per heavy atom. The topological polar surface area (TPSA) is 46.5 Å². The van der Waals surface area contributed by atoms with E-state index >= 15 is 0 Å². The first-order valence-corrected chi connectivity index (χ1v) is 3.96. The molecular formula is C8H4ClF3O3. The van der Waals surface area contributed by atoms with Crippen molar-refractivity contribution < 1.29 is 28.1 Å². The molecule has 0 aliphatic rings. The first-order chi connectivity index (χ1) is 6.86. The van der Waals surface area contributed by atoms with Crippen molar-refractivity contribution in [2.75, 3.05) is 0 Å². The molecule has 0 fully saturated rings. The summed E-state index contributed by atoms with van der Waals surface area (Å²) in [7, 11) is 0. The zero-order chi connectivity index (χ0) is 11.6. The average molecular weight is 241 g/mol. The Labute approximate surface area is 87.0 Å². The second-order valence-electron chi connectivity index (χ2n) is 2.57. The molecule has 0 bridgehead atoms. The quantitative estimate of drug-likeness (QED) is 0.606. The maximum atomic E-state index is 12.2. The van der Waals surface area contributed by atoms with Crippen molar-refractivity contribution in [2.24, 2.45) is 0 Å². The Hall–Kier alpha value is -1.27. The Bertz CT molecular complexity index is 389. The van der Waals surface area contributed by atoms with Crippen LogP contribution in [0, 0.1) is 0 Å². The first kappa shape index (κ1) is 11.8. The van der Waals surface area contributed by atoms with Crippen LogP contribution in [0.2, 0.25) is 5.02 Å². The normalized spacial score (nSPS) is 11.3. The third-order valence-electron chi connectivity index (χ3n) is 1.60. The summed E-state index contributed by atoms with van der Waals surface area (Å²) >= 11 is 5.40. The summed E-state index contributed by atoms with van der Waals surface area (Å²) in [4.78, 5) is 14.1. The van der Waals surface area contributed by atoms with Crippen LogP contribution in [-0.4, -0.2) is 11.2 Å². The van der Waals surface area contributed by atoms with Crippen molar-refractivity contribution >= 4 is 17.6 Å². The van der Waals surface area contributed by atoms with E-state index in [9.17, 15) is 18.0 Å². The van der Waals surface area contributed by atoms with E-state index in [2.05, 4.69) is 4.89 Å². The van der Waals surface area contributed by atoms with E-state index < -0.39 is 22.7 Å². The predicted octanol–water partition coefficient (Wildman–Crippen LogP) is 2.99. The van der Waals surface area contributed by atoms with Crippen molar-refractivity contribution in [1.29, 1.82) is 0 Å². The second-order valence-corrected chi connectivity index (χ2v) is 2.98. The van der Waals surface area contributed by atoms with E-state index in [1.807, 2.05) is 0 Å². The molecule has 0 spiro atoms. The van der Waals surface area contributed by atoms with E-state index in [1.54, 1.807) is 0 Å². The number of halogens is 4. The van der Waals surface area contributed by atoms with Gasteiger partial charge in [-0.05, 0) is 18.2 Å². The van der Waals surface area contributed by atoms with E-state index in [1.165, 1.54) is 0 Å². The highest BCUT2D eigenvalue weighted by Gasteiger charge is 2.31. The zero-order valence-electron chi connectivity index (χ0n) is 7.01. The molecule has 82 valence electrons. The summed E-state index contributed by atoms with van der Waals surface area (Å²) < 4.78 is 36.5. The summed E-state index contributed by atoms with van der Waals surface area (Å²) in [6.07, 6.45) is -4.54. The first-order valence-electron chi connectivity index (χ1n) is 3.58. The van der Waals surface area contributed by atoms with Crippen LogP contribution < -0.4 is 0 Å². The lowest BCUT2D eigenvalue weighted by atomic mass is 10.1. The van der Waals surface area contributed by atoms with Gasteiger partial charge in [0.15, 0.2) is 0 Å². The highest BCUT2D eigenvalue weighted by molar-refractivity contribution is 6.33. The lowest BCUT2D eigenvalue weighted by Crippen LogP contribution is -2.07. The fraction of sp³-hybridized carbons (Fsp3) is 0.125. The second kappa shape index (κ2) is 4.08. The van der Waals surface area contributed by atoms with Crippen LogP contribution in [-0.2, 0) is 11.1 Å².